The predicted molar refractivity (Wildman–Crippen MR) is 139 cm³/mol. The van der Waals surface area contributed by atoms with Crippen LogP contribution >= 0.6 is 11.6 Å². The zero-order valence-electron chi connectivity index (χ0n) is 19.8. The van der Waals surface area contributed by atoms with Crippen molar-refractivity contribution in [3.05, 3.63) is 98.6 Å². The first-order valence-electron chi connectivity index (χ1n) is 11.1. The smallest absolute Gasteiger partial charge is 0.335 e. The third kappa shape index (κ3) is 5.85. The Bertz CT molecular complexity index is 1520. The molecule has 0 radical (unpaired) electrons. The lowest BCUT2D eigenvalue weighted by molar-refractivity contribution is -0.384. The van der Waals surface area contributed by atoms with Crippen molar-refractivity contribution in [3.8, 4) is 5.75 Å². The minimum absolute atomic E-state index is 0.0779. The minimum Gasteiger partial charge on any atom is -0.482 e. The van der Waals surface area contributed by atoms with E-state index in [0.717, 1.165) is 11.6 Å². The second kappa shape index (κ2) is 10.9. The molecule has 3 aromatic carbocycles. The number of nitrogens with one attached hydrogen (secondary N) is 2. The molecule has 0 spiro atoms. The molecule has 0 saturated carbocycles. The molecule has 1 fully saturated rings. The van der Waals surface area contributed by atoms with Gasteiger partial charge in [-0.05, 0) is 54.5 Å². The van der Waals surface area contributed by atoms with Crippen LogP contribution in [0.25, 0.3) is 6.08 Å². The first-order chi connectivity index (χ1) is 18.1. The van der Waals surface area contributed by atoms with Crippen LogP contribution < -0.4 is 20.3 Å². The molecule has 0 unspecified atom stereocenters. The SMILES string of the molecule is Cc1cccc(NC(=O)COc2ccc(/C=C3\C(=O)NC(=O)N(c4cccc([N+](=O)[O-])c4)C3=O)cc2Cl)c1. The average Bonchev–Trinajstić information content (AvgIpc) is 2.86. The number of rotatable bonds is 7. The molecule has 1 heterocycles. The van der Waals surface area contributed by atoms with E-state index in [-0.39, 0.29) is 28.8 Å². The number of urea groups is 1. The fourth-order valence-electron chi connectivity index (χ4n) is 3.59. The van der Waals surface area contributed by atoms with Crippen LogP contribution in [0.5, 0.6) is 5.75 Å². The Kier molecular flexibility index (Phi) is 7.49. The van der Waals surface area contributed by atoms with Crippen molar-refractivity contribution in [1.82, 2.24) is 5.32 Å². The molecule has 1 aliphatic heterocycles. The number of nitro benzene ring substituents is 1. The van der Waals surface area contributed by atoms with E-state index >= 15 is 0 Å². The number of barbiturate groups is 1. The Balaban J connectivity index is 1.50. The molecule has 192 valence electrons. The Morgan fingerprint density at radius 1 is 1.11 bits per heavy atom. The van der Waals surface area contributed by atoms with E-state index in [0.29, 0.717) is 16.2 Å². The van der Waals surface area contributed by atoms with Gasteiger partial charge in [-0.3, -0.25) is 29.8 Å². The van der Waals surface area contributed by atoms with Crippen molar-refractivity contribution in [3.63, 3.8) is 0 Å². The third-order valence-electron chi connectivity index (χ3n) is 5.33. The third-order valence-corrected chi connectivity index (χ3v) is 5.62. The number of ether oxygens (including phenoxy) is 1. The molecule has 0 atom stereocenters. The summed E-state index contributed by atoms with van der Waals surface area (Å²) < 4.78 is 5.49. The zero-order chi connectivity index (χ0) is 27.4. The van der Waals surface area contributed by atoms with Crippen molar-refractivity contribution in [2.24, 2.45) is 0 Å². The van der Waals surface area contributed by atoms with E-state index in [1.165, 1.54) is 42.5 Å². The van der Waals surface area contributed by atoms with E-state index in [2.05, 4.69) is 5.32 Å². The number of nitrogens with zero attached hydrogens (tertiary/aromatic N) is 2. The van der Waals surface area contributed by atoms with Gasteiger partial charge >= 0.3 is 6.03 Å². The second-order valence-corrected chi connectivity index (χ2v) is 8.54. The Morgan fingerprint density at radius 3 is 2.58 bits per heavy atom. The van der Waals surface area contributed by atoms with Gasteiger partial charge in [0, 0.05) is 17.8 Å². The van der Waals surface area contributed by atoms with E-state index in [9.17, 15) is 29.3 Å². The lowest BCUT2D eigenvalue weighted by Gasteiger charge is -2.26. The van der Waals surface area contributed by atoms with Crippen molar-refractivity contribution >= 4 is 58.5 Å². The summed E-state index contributed by atoms with van der Waals surface area (Å²) >= 11 is 6.28. The first kappa shape index (κ1) is 26.0. The Morgan fingerprint density at radius 2 is 1.87 bits per heavy atom. The molecule has 12 heteroatoms. The molecule has 1 aliphatic rings. The highest BCUT2D eigenvalue weighted by atomic mass is 35.5. The number of hydrogen-bond donors (Lipinski definition) is 2. The van der Waals surface area contributed by atoms with Crippen LogP contribution in [-0.2, 0) is 14.4 Å². The molecular weight excluding hydrogens is 516 g/mol. The van der Waals surface area contributed by atoms with Gasteiger partial charge in [-0.15, -0.1) is 0 Å². The molecule has 5 amide bonds. The number of amides is 5. The molecule has 0 aliphatic carbocycles. The van der Waals surface area contributed by atoms with Crippen LogP contribution in [0.4, 0.5) is 21.9 Å². The van der Waals surface area contributed by atoms with E-state index < -0.39 is 34.2 Å². The summed E-state index contributed by atoms with van der Waals surface area (Å²) in [6, 6.07) is 15.5. The predicted octanol–water partition coefficient (Wildman–Crippen LogP) is 4.24. The normalized spacial score (nSPS) is 14.3. The highest BCUT2D eigenvalue weighted by Gasteiger charge is 2.37. The number of benzene rings is 3. The summed E-state index contributed by atoms with van der Waals surface area (Å²) in [5, 5.41) is 16.0. The molecule has 4 rings (SSSR count). The minimum atomic E-state index is -1.04. The fraction of sp³-hybridized carbons (Fsp3) is 0.0769. The summed E-state index contributed by atoms with van der Waals surface area (Å²) in [6.45, 7) is 1.59. The largest absolute Gasteiger partial charge is 0.482 e. The molecule has 0 aromatic heterocycles. The maximum absolute atomic E-state index is 13.0. The highest BCUT2D eigenvalue weighted by molar-refractivity contribution is 6.39. The van der Waals surface area contributed by atoms with Gasteiger partial charge in [0.05, 0.1) is 15.6 Å². The summed E-state index contributed by atoms with van der Waals surface area (Å²) in [5.74, 6) is -2.11. The van der Waals surface area contributed by atoms with Crippen LogP contribution in [0.3, 0.4) is 0 Å². The molecule has 11 nitrogen and oxygen atoms in total. The number of hydrogen-bond acceptors (Lipinski definition) is 7. The molecule has 1 saturated heterocycles. The quantitative estimate of drug-likeness (QED) is 0.199. The monoisotopic (exact) mass is 534 g/mol. The Hall–Kier alpha value is -5.03. The van der Waals surface area contributed by atoms with Gasteiger partial charge in [-0.1, -0.05) is 35.9 Å². The number of imide groups is 2. The van der Waals surface area contributed by atoms with Crippen LogP contribution in [0.15, 0.2) is 72.3 Å². The van der Waals surface area contributed by atoms with Crippen molar-refractivity contribution in [1.29, 1.82) is 0 Å². The van der Waals surface area contributed by atoms with Crippen LogP contribution in [-0.4, -0.2) is 35.3 Å². The van der Waals surface area contributed by atoms with Gasteiger partial charge in [0.25, 0.3) is 23.4 Å². The topological polar surface area (TPSA) is 148 Å². The maximum Gasteiger partial charge on any atom is 0.335 e. The number of carbonyl (C=O) groups is 4. The molecular formula is C26H19ClN4O7. The van der Waals surface area contributed by atoms with Gasteiger partial charge in [-0.2, -0.15) is 0 Å². The number of carbonyl (C=O) groups excluding carboxylic acids is 4. The molecule has 0 bridgehead atoms. The summed E-state index contributed by atoms with van der Waals surface area (Å²) in [4.78, 5) is 61.1. The van der Waals surface area contributed by atoms with Gasteiger partial charge in [0.1, 0.15) is 11.3 Å². The first-order valence-corrected chi connectivity index (χ1v) is 11.4. The highest BCUT2D eigenvalue weighted by Crippen LogP contribution is 2.29. The second-order valence-electron chi connectivity index (χ2n) is 8.13. The lowest BCUT2D eigenvalue weighted by Crippen LogP contribution is -2.54. The van der Waals surface area contributed by atoms with E-state index in [4.69, 9.17) is 16.3 Å². The van der Waals surface area contributed by atoms with Gasteiger partial charge in [0.2, 0.25) is 0 Å². The standard InChI is InChI=1S/C26H19ClN4O7/c1-15-4-2-5-17(10-15)28-23(32)14-38-22-9-8-16(12-21(22)27)11-20-24(33)29-26(35)30(25(20)34)18-6-3-7-19(13-18)31(36)37/h2-13H,14H2,1H3,(H,28,32)(H,29,33,35)/b20-11+. The van der Waals surface area contributed by atoms with Crippen molar-refractivity contribution in [2.75, 3.05) is 16.8 Å². The summed E-state index contributed by atoms with van der Waals surface area (Å²) in [6.07, 6.45) is 1.22. The average molecular weight is 535 g/mol. The molecule has 3 aromatic rings. The Labute approximate surface area is 220 Å². The van der Waals surface area contributed by atoms with Crippen LogP contribution in [0, 0.1) is 17.0 Å². The molecule has 2 N–H and O–H groups in total. The van der Waals surface area contributed by atoms with E-state index in [1.807, 2.05) is 30.4 Å². The number of nitro groups is 1. The van der Waals surface area contributed by atoms with Crippen molar-refractivity contribution in [2.45, 2.75) is 6.92 Å². The lowest BCUT2D eigenvalue weighted by atomic mass is 10.1. The van der Waals surface area contributed by atoms with Crippen molar-refractivity contribution < 1.29 is 28.8 Å². The van der Waals surface area contributed by atoms with Crippen LogP contribution in [0.2, 0.25) is 5.02 Å². The number of non-ortho nitro benzene ring substituents is 1. The maximum atomic E-state index is 13.0. The van der Waals surface area contributed by atoms with Gasteiger partial charge < -0.3 is 10.1 Å². The summed E-state index contributed by atoms with van der Waals surface area (Å²) in [7, 11) is 0. The summed E-state index contributed by atoms with van der Waals surface area (Å²) in [5.41, 5.74) is 1.14. The van der Waals surface area contributed by atoms with E-state index in [1.54, 1.807) is 6.07 Å². The van der Waals surface area contributed by atoms with Crippen LogP contribution in [0.1, 0.15) is 11.1 Å². The fourth-order valence-corrected chi connectivity index (χ4v) is 3.83. The zero-order valence-corrected chi connectivity index (χ0v) is 20.5. The molecule has 38 heavy (non-hydrogen) atoms. The van der Waals surface area contributed by atoms with Gasteiger partial charge in [0.15, 0.2) is 6.61 Å². The van der Waals surface area contributed by atoms with Gasteiger partial charge in [-0.25, -0.2) is 9.69 Å². The number of aryl methyl sites for hydroxylation is 1. The number of anilines is 2. The number of halogens is 1.